The number of furan rings is 1. The van der Waals surface area contributed by atoms with Crippen LogP contribution in [0.4, 0.5) is 20.6 Å². The molecule has 0 saturated carbocycles. The van der Waals surface area contributed by atoms with Crippen molar-refractivity contribution in [3.8, 4) is 0 Å². The average Bonchev–Trinajstić information content (AvgIpc) is 3.81. The Kier molecular flexibility index (Phi) is 9.18. The molecule has 9 nitrogen and oxygen atoms in total. The maximum atomic E-state index is 13.6. The van der Waals surface area contributed by atoms with Gasteiger partial charge in [-0.25, -0.2) is 14.2 Å². The van der Waals surface area contributed by atoms with Gasteiger partial charge < -0.3 is 14.5 Å². The van der Waals surface area contributed by atoms with Gasteiger partial charge >= 0.3 is 6.09 Å². The van der Waals surface area contributed by atoms with E-state index in [0.29, 0.717) is 47.3 Å². The molecule has 3 amide bonds. The first-order valence-electron chi connectivity index (χ1n) is 14.3. The molecule has 230 valence electrons. The number of amidine groups is 1. The number of hydrogen-bond donors (Lipinski definition) is 1. The van der Waals surface area contributed by atoms with Gasteiger partial charge in [0.25, 0.3) is 0 Å². The second-order valence-electron chi connectivity index (χ2n) is 10.5. The quantitative estimate of drug-likeness (QED) is 0.215. The van der Waals surface area contributed by atoms with Crippen LogP contribution in [-0.2, 0) is 27.5 Å². The molecule has 45 heavy (non-hydrogen) atoms. The highest BCUT2D eigenvalue weighted by Gasteiger charge is 2.40. The van der Waals surface area contributed by atoms with Gasteiger partial charge in [0.05, 0.1) is 23.5 Å². The van der Waals surface area contributed by atoms with Crippen molar-refractivity contribution in [2.24, 2.45) is 4.99 Å². The van der Waals surface area contributed by atoms with E-state index in [2.05, 4.69) is 10.3 Å². The van der Waals surface area contributed by atoms with Crippen molar-refractivity contribution >= 4 is 57.8 Å². The number of nitrogens with one attached hydrogen (secondary N) is 1. The molecule has 1 N–H and O–H groups in total. The number of hydrogen-bond acceptors (Lipinski definition) is 7. The summed E-state index contributed by atoms with van der Waals surface area (Å²) in [4.78, 5) is 47.1. The highest BCUT2D eigenvalue weighted by atomic mass is 35.5. The maximum absolute atomic E-state index is 13.6. The van der Waals surface area contributed by atoms with Crippen LogP contribution >= 0.6 is 23.4 Å². The van der Waals surface area contributed by atoms with Gasteiger partial charge in [-0.05, 0) is 66.4 Å². The largest absolute Gasteiger partial charge is 0.467 e. The van der Waals surface area contributed by atoms with Gasteiger partial charge in [-0.2, -0.15) is 0 Å². The zero-order valence-electron chi connectivity index (χ0n) is 23.9. The molecule has 2 aliphatic rings. The fraction of sp³-hybridized carbons (Fsp3) is 0.212. The third kappa shape index (κ3) is 7.05. The number of carbonyl (C=O) groups is 3. The van der Waals surface area contributed by atoms with Crippen LogP contribution in [0.25, 0.3) is 0 Å². The Hall–Kier alpha value is -4.61. The van der Waals surface area contributed by atoms with Crippen molar-refractivity contribution in [3.63, 3.8) is 0 Å². The van der Waals surface area contributed by atoms with Crippen molar-refractivity contribution in [3.05, 3.63) is 119 Å². The lowest BCUT2D eigenvalue weighted by molar-refractivity contribution is -0.126. The smallest absolute Gasteiger partial charge is 0.410 e. The summed E-state index contributed by atoms with van der Waals surface area (Å²) in [6, 6.07) is 23.1. The first kappa shape index (κ1) is 30.4. The lowest BCUT2D eigenvalue weighted by Crippen LogP contribution is -2.43. The molecule has 6 rings (SSSR count). The van der Waals surface area contributed by atoms with Crippen molar-refractivity contribution in [2.45, 2.75) is 37.3 Å². The van der Waals surface area contributed by atoms with Crippen molar-refractivity contribution in [2.75, 3.05) is 11.9 Å². The third-order valence-electron chi connectivity index (χ3n) is 7.44. The van der Waals surface area contributed by atoms with Gasteiger partial charge in [-0.1, -0.05) is 65.8 Å². The minimum absolute atomic E-state index is 0.127. The lowest BCUT2D eigenvalue weighted by Gasteiger charge is -2.23. The summed E-state index contributed by atoms with van der Waals surface area (Å²) < 4.78 is 24.5. The van der Waals surface area contributed by atoms with Gasteiger partial charge in [0.2, 0.25) is 11.8 Å². The van der Waals surface area contributed by atoms with Crippen LogP contribution in [0.5, 0.6) is 0 Å². The Balaban J connectivity index is 1.13. The molecule has 0 aliphatic carbocycles. The Bertz CT molecular complexity index is 1720. The molecule has 0 bridgehead atoms. The van der Waals surface area contributed by atoms with E-state index in [0.717, 1.165) is 5.56 Å². The van der Waals surface area contributed by atoms with E-state index in [1.807, 2.05) is 30.3 Å². The molecule has 2 fully saturated rings. The molecular weight excluding hydrogens is 619 g/mol. The first-order chi connectivity index (χ1) is 21.9. The molecule has 1 aromatic heterocycles. The van der Waals surface area contributed by atoms with Crippen LogP contribution in [-0.4, -0.2) is 45.5 Å². The van der Waals surface area contributed by atoms with Gasteiger partial charge in [-0.15, -0.1) is 0 Å². The van der Waals surface area contributed by atoms with Crippen LogP contribution in [0, 0.1) is 5.82 Å². The molecule has 2 atom stereocenters. The SMILES string of the molecule is O=C(Nc1ccc(C2SC(=Nc3ccc(F)cc3Cl)N(Cc3ccco3)C2=O)cc1)[C@@H]1CCCN1C(=O)OCc1ccccc1. The Morgan fingerprint density at radius 3 is 2.60 bits per heavy atom. The number of halogens is 2. The molecule has 12 heteroatoms. The van der Waals surface area contributed by atoms with Gasteiger partial charge in [-0.3, -0.25) is 19.4 Å². The van der Waals surface area contributed by atoms with Gasteiger partial charge in [0.15, 0.2) is 5.17 Å². The molecule has 2 saturated heterocycles. The summed E-state index contributed by atoms with van der Waals surface area (Å²) in [6.45, 7) is 0.728. The molecule has 2 aliphatic heterocycles. The number of benzene rings is 3. The van der Waals surface area contributed by atoms with Crippen molar-refractivity contribution < 1.29 is 27.9 Å². The second-order valence-corrected chi connectivity index (χ2v) is 12.0. The fourth-order valence-corrected chi connectivity index (χ4v) is 6.53. The molecule has 0 spiro atoms. The van der Waals surface area contributed by atoms with Crippen molar-refractivity contribution in [1.29, 1.82) is 0 Å². The normalized spacial score (nSPS) is 18.9. The van der Waals surface area contributed by atoms with Crippen LogP contribution in [0.1, 0.15) is 35.0 Å². The summed E-state index contributed by atoms with van der Waals surface area (Å²) in [5.74, 6) is -0.426. The average molecular weight is 647 g/mol. The first-order valence-corrected chi connectivity index (χ1v) is 15.5. The summed E-state index contributed by atoms with van der Waals surface area (Å²) in [7, 11) is 0. The number of amides is 3. The van der Waals surface area contributed by atoms with Crippen LogP contribution in [0.15, 0.2) is 101 Å². The molecule has 4 aromatic rings. The van der Waals surface area contributed by atoms with Crippen LogP contribution in [0.3, 0.4) is 0 Å². The number of aliphatic imine (C=N–C) groups is 1. The van der Waals surface area contributed by atoms with Crippen LogP contribution < -0.4 is 5.32 Å². The van der Waals surface area contributed by atoms with E-state index in [1.54, 1.807) is 36.4 Å². The third-order valence-corrected chi connectivity index (χ3v) is 8.98. The number of rotatable bonds is 8. The highest BCUT2D eigenvalue weighted by Crippen LogP contribution is 2.42. The summed E-state index contributed by atoms with van der Waals surface area (Å²) in [6.07, 6.45) is 2.23. The number of thioether (sulfide) groups is 1. The summed E-state index contributed by atoms with van der Waals surface area (Å²) >= 11 is 7.46. The zero-order chi connectivity index (χ0) is 31.3. The minimum atomic E-state index is -0.646. The van der Waals surface area contributed by atoms with E-state index in [4.69, 9.17) is 20.8 Å². The number of nitrogens with zero attached hydrogens (tertiary/aromatic N) is 3. The monoisotopic (exact) mass is 646 g/mol. The summed E-state index contributed by atoms with van der Waals surface area (Å²) in [5.41, 5.74) is 2.44. The minimum Gasteiger partial charge on any atom is -0.467 e. The van der Waals surface area contributed by atoms with Gasteiger partial charge in [0.1, 0.15) is 29.5 Å². The van der Waals surface area contributed by atoms with Crippen molar-refractivity contribution in [1.82, 2.24) is 9.80 Å². The molecule has 1 unspecified atom stereocenters. The molecular formula is C33H28ClFN4O5S. The number of carbonyl (C=O) groups excluding carboxylic acids is 3. The number of anilines is 1. The van der Waals surface area contributed by atoms with E-state index in [-0.39, 0.29) is 30.0 Å². The van der Waals surface area contributed by atoms with E-state index >= 15 is 0 Å². The predicted molar refractivity (Wildman–Crippen MR) is 170 cm³/mol. The Morgan fingerprint density at radius 2 is 1.87 bits per heavy atom. The summed E-state index contributed by atoms with van der Waals surface area (Å²) in [5, 5.41) is 2.80. The standard InChI is InChI=1S/C33H28ClFN4O5S/c34-26-18-23(35)12-15-27(26)37-32-39(19-25-8-5-17-43-25)31(41)29(45-32)22-10-13-24(14-11-22)36-30(40)28-9-4-16-38(28)33(42)44-20-21-6-2-1-3-7-21/h1-3,5-8,10-15,17-18,28-29H,4,9,16,19-20H2,(H,36,40)/t28-,29?/m0/s1. The van der Waals surface area contributed by atoms with E-state index < -0.39 is 23.2 Å². The highest BCUT2D eigenvalue weighted by molar-refractivity contribution is 8.15. The Morgan fingerprint density at radius 1 is 1.07 bits per heavy atom. The molecule has 0 radical (unpaired) electrons. The number of ether oxygens (including phenoxy) is 1. The number of likely N-dealkylation sites (tertiary alicyclic amines) is 1. The topological polar surface area (TPSA) is 104 Å². The molecule has 3 aromatic carbocycles. The fourth-order valence-electron chi connectivity index (χ4n) is 5.16. The predicted octanol–water partition coefficient (Wildman–Crippen LogP) is 7.32. The molecule has 3 heterocycles. The maximum Gasteiger partial charge on any atom is 0.410 e. The van der Waals surface area contributed by atoms with E-state index in [9.17, 15) is 18.8 Å². The second kappa shape index (κ2) is 13.6. The zero-order valence-corrected chi connectivity index (χ0v) is 25.5. The lowest BCUT2D eigenvalue weighted by atomic mass is 10.1. The van der Waals surface area contributed by atoms with E-state index in [1.165, 1.54) is 46.0 Å². The Labute approximate surface area is 268 Å². The van der Waals surface area contributed by atoms with Crippen LogP contribution in [0.2, 0.25) is 5.02 Å². The van der Waals surface area contributed by atoms with Gasteiger partial charge in [0, 0.05) is 12.2 Å².